The zero-order chi connectivity index (χ0) is 12.3. The zero-order valence-corrected chi connectivity index (χ0v) is 11.0. The van der Waals surface area contributed by atoms with Crippen LogP contribution in [0.25, 0.3) is 0 Å². The van der Waals surface area contributed by atoms with Crippen LogP contribution in [0.1, 0.15) is 25.8 Å². The highest BCUT2D eigenvalue weighted by molar-refractivity contribution is 6.32. The van der Waals surface area contributed by atoms with Crippen LogP contribution in [0.3, 0.4) is 0 Å². The zero-order valence-electron chi connectivity index (χ0n) is 10.3. The van der Waals surface area contributed by atoms with E-state index in [0.717, 1.165) is 30.3 Å². The molecule has 1 aromatic rings. The van der Waals surface area contributed by atoms with E-state index in [-0.39, 0.29) is 6.79 Å². The molecule has 1 aromatic carbocycles. The fraction of sp³-hybridized carbons (Fsp3) is 0.538. The third-order valence-electron chi connectivity index (χ3n) is 2.71. The van der Waals surface area contributed by atoms with Crippen molar-refractivity contribution >= 4 is 11.6 Å². The molecule has 94 valence electrons. The SMILES string of the molecule is CC(C)CCNCc1cc(Cl)c2c(c1)OCO2. The molecule has 0 saturated heterocycles. The molecule has 0 amide bonds. The maximum Gasteiger partial charge on any atom is 0.231 e. The van der Waals surface area contributed by atoms with Crippen LogP contribution in [0.15, 0.2) is 12.1 Å². The molecule has 0 bridgehead atoms. The highest BCUT2D eigenvalue weighted by Gasteiger charge is 2.17. The standard InChI is InChI=1S/C13H18ClNO2/c1-9(2)3-4-15-7-10-5-11(14)13-12(6-10)16-8-17-13/h5-6,9,15H,3-4,7-8H2,1-2H3. The molecule has 0 aliphatic carbocycles. The van der Waals surface area contributed by atoms with E-state index in [1.807, 2.05) is 12.1 Å². The largest absolute Gasteiger partial charge is 0.454 e. The molecule has 17 heavy (non-hydrogen) atoms. The molecular formula is C13H18ClNO2. The van der Waals surface area contributed by atoms with E-state index in [0.29, 0.717) is 10.8 Å². The first-order chi connectivity index (χ1) is 8.16. The van der Waals surface area contributed by atoms with Gasteiger partial charge in [-0.1, -0.05) is 25.4 Å². The Morgan fingerprint density at radius 1 is 1.35 bits per heavy atom. The van der Waals surface area contributed by atoms with Gasteiger partial charge in [0.05, 0.1) is 5.02 Å². The van der Waals surface area contributed by atoms with Crippen LogP contribution in [0.4, 0.5) is 0 Å². The van der Waals surface area contributed by atoms with Gasteiger partial charge in [-0.3, -0.25) is 0 Å². The first-order valence-electron chi connectivity index (χ1n) is 5.95. The van der Waals surface area contributed by atoms with Crippen molar-refractivity contribution in [1.29, 1.82) is 0 Å². The minimum Gasteiger partial charge on any atom is -0.454 e. The maximum atomic E-state index is 6.11. The molecule has 0 aromatic heterocycles. The molecule has 0 fully saturated rings. The maximum absolute atomic E-state index is 6.11. The lowest BCUT2D eigenvalue weighted by atomic mass is 10.1. The van der Waals surface area contributed by atoms with Crippen molar-refractivity contribution in [2.75, 3.05) is 13.3 Å². The van der Waals surface area contributed by atoms with E-state index in [9.17, 15) is 0 Å². The van der Waals surface area contributed by atoms with E-state index in [4.69, 9.17) is 21.1 Å². The lowest BCUT2D eigenvalue weighted by Gasteiger charge is -2.08. The minimum atomic E-state index is 0.263. The fourth-order valence-electron chi connectivity index (χ4n) is 1.75. The van der Waals surface area contributed by atoms with E-state index in [1.54, 1.807) is 0 Å². The first-order valence-corrected chi connectivity index (χ1v) is 6.33. The van der Waals surface area contributed by atoms with Crippen molar-refractivity contribution in [2.45, 2.75) is 26.8 Å². The van der Waals surface area contributed by atoms with Crippen molar-refractivity contribution in [1.82, 2.24) is 5.32 Å². The highest BCUT2D eigenvalue weighted by Crippen LogP contribution is 2.39. The molecule has 1 N–H and O–H groups in total. The predicted molar refractivity (Wildman–Crippen MR) is 68.7 cm³/mol. The second-order valence-electron chi connectivity index (χ2n) is 4.67. The van der Waals surface area contributed by atoms with Crippen molar-refractivity contribution in [2.24, 2.45) is 5.92 Å². The van der Waals surface area contributed by atoms with Crippen molar-refractivity contribution in [3.05, 3.63) is 22.7 Å². The molecule has 1 aliphatic heterocycles. The van der Waals surface area contributed by atoms with Crippen molar-refractivity contribution < 1.29 is 9.47 Å². The van der Waals surface area contributed by atoms with Gasteiger partial charge in [-0.15, -0.1) is 0 Å². The van der Waals surface area contributed by atoms with Crippen LogP contribution in [0.5, 0.6) is 11.5 Å². The Bertz CT molecular complexity index is 393. The number of rotatable bonds is 5. The third kappa shape index (κ3) is 3.27. The minimum absolute atomic E-state index is 0.263. The summed E-state index contributed by atoms with van der Waals surface area (Å²) < 4.78 is 10.6. The van der Waals surface area contributed by atoms with Gasteiger partial charge in [0.25, 0.3) is 0 Å². The van der Waals surface area contributed by atoms with Gasteiger partial charge in [0.2, 0.25) is 6.79 Å². The van der Waals surface area contributed by atoms with Crippen LogP contribution < -0.4 is 14.8 Å². The summed E-state index contributed by atoms with van der Waals surface area (Å²) in [6.07, 6.45) is 1.18. The number of hydrogen-bond acceptors (Lipinski definition) is 3. The molecule has 4 heteroatoms. The Morgan fingerprint density at radius 3 is 2.94 bits per heavy atom. The molecular weight excluding hydrogens is 238 g/mol. The Balaban J connectivity index is 1.91. The van der Waals surface area contributed by atoms with Gasteiger partial charge in [-0.2, -0.15) is 0 Å². The van der Waals surface area contributed by atoms with Gasteiger partial charge < -0.3 is 14.8 Å². The highest BCUT2D eigenvalue weighted by atomic mass is 35.5. The fourth-order valence-corrected chi connectivity index (χ4v) is 2.03. The summed E-state index contributed by atoms with van der Waals surface area (Å²) in [5.74, 6) is 2.14. The second-order valence-corrected chi connectivity index (χ2v) is 5.08. The van der Waals surface area contributed by atoms with Crippen LogP contribution in [0, 0.1) is 5.92 Å². The van der Waals surface area contributed by atoms with Crippen LogP contribution in [-0.2, 0) is 6.54 Å². The number of benzene rings is 1. The van der Waals surface area contributed by atoms with Crippen LogP contribution in [0.2, 0.25) is 5.02 Å². The lowest BCUT2D eigenvalue weighted by molar-refractivity contribution is 0.174. The third-order valence-corrected chi connectivity index (χ3v) is 3.00. The second kappa shape index (κ2) is 5.61. The summed E-state index contributed by atoms with van der Waals surface area (Å²) >= 11 is 6.11. The molecule has 0 atom stereocenters. The predicted octanol–water partition coefficient (Wildman–Crippen LogP) is 3.20. The summed E-state index contributed by atoms with van der Waals surface area (Å²) in [5, 5.41) is 4.02. The van der Waals surface area contributed by atoms with Gasteiger partial charge in [-0.05, 0) is 36.6 Å². The number of fused-ring (bicyclic) bond motifs is 1. The number of nitrogens with one attached hydrogen (secondary N) is 1. The van der Waals surface area contributed by atoms with Crippen LogP contribution >= 0.6 is 11.6 Å². The molecule has 3 nitrogen and oxygen atoms in total. The van der Waals surface area contributed by atoms with Crippen molar-refractivity contribution in [3.63, 3.8) is 0 Å². The average Bonchev–Trinajstić information content (AvgIpc) is 2.72. The number of halogens is 1. The van der Waals surface area contributed by atoms with E-state index >= 15 is 0 Å². The van der Waals surface area contributed by atoms with Crippen molar-refractivity contribution in [3.8, 4) is 11.5 Å². The molecule has 1 aliphatic rings. The van der Waals surface area contributed by atoms with Crippen LogP contribution in [-0.4, -0.2) is 13.3 Å². The Morgan fingerprint density at radius 2 is 2.18 bits per heavy atom. The van der Waals surface area contributed by atoms with Gasteiger partial charge in [0, 0.05) is 6.54 Å². The summed E-state index contributed by atoms with van der Waals surface area (Å²) in [7, 11) is 0. The van der Waals surface area contributed by atoms with E-state index in [1.165, 1.54) is 6.42 Å². The molecule has 1 heterocycles. The van der Waals surface area contributed by atoms with E-state index < -0.39 is 0 Å². The first kappa shape index (κ1) is 12.5. The molecule has 2 rings (SSSR count). The monoisotopic (exact) mass is 255 g/mol. The molecule has 0 spiro atoms. The summed E-state index contributed by atoms with van der Waals surface area (Å²) in [4.78, 5) is 0. The quantitative estimate of drug-likeness (QED) is 0.820. The summed E-state index contributed by atoms with van der Waals surface area (Å²) in [6.45, 7) is 6.53. The molecule has 0 saturated carbocycles. The lowest BCUT2D eigenvalue weighted by Crippen LogP contribution is -2.16. The topological polar surface area (TPSA) is 30.5 Å². The molecule has 0 radical (unpaired) electrons. The smallest absolute Gasteiger partial charge is 0.231 e. The summed E-state index contributed by atoms with van der Waals surface area (Å²) in [5.41, 5.74) is 1.13. The van der Waals surface area contributed by atoms with Gasteiger partial charge in [0.15, 0.2) is 11.5 Å². The number of hydrogen-bond donors (Lipinski definition) is 1. The van der Waals surface area contributed by atoms with Gasteiger partial charge >= 0.3 is 0 Å². The average molecular weight is 256 g/mol. The summed E-state index contributed by atoms with van der Waals surface area (Å²) in [6, 6.07) is 3.91. The molecule has 0 unspecified atom stereocenters. The van der Waals surface area contributed by atoms with Gasteiger partial charge in [-0.25, -0.2) is 0 Å². The Labute approximate surface area is 107 Å². The van der Waals surface area contributed by atoms with Gasteiger partial charge in [0.1, 0.15) is 0 Å². The Kier molecular flexibility index (Phi) is 4.13. The van der Waals surface area contributed by atoms with E-state index in [2.05, 4.69) is 19.2 Å². The number of ether oxygens (including phenoxy) is 2. The normalized spacial score (nSPS) is 13.4. The Hall–Kier alpha value is -0.930.